The van der Waals surface area contributed by atoms with E-state index in [0.29, 0.717) is 53.9 Å². The molecule has 5 rings (SSSR count). The van der Waals surface area contributed by atoms with Crippen molar-refractivity contribution in [1.82, 2.24) is 14.9 Å². The van der Waals surface area contributed by atoms with Crippen molar-refractivity contribution in [2.45, 2.75) is 25.1 Å². The molecule has 1 amide bonds. The molecule has 2 N–H and O–H groups in total. The fourth-order valence-corrected chi connectivity index (χ4v) is 3.88. The third kappa shape index (κ3) is 6.60. The number of anilines is 2. The fraction of sp³-hybridized carbons (Fsp3) is 0.320. The molecule has 1 saturated heterocycles. The minimum Gasteiger partial charge on any atom is -0.475 e. The van der Waals surface area contributed by atoms with Crippen LogP contribution < -0.4 is 10.2 Å². The second-order valence-electron chi connectivity index (χ2n) is 8.72. The number of alkyl halides is 3. The van der Waals surface area contributed by atoms with Gasteiger partial charge in [-0.15, -0.1) is 0 Å². The van der Waals surface area contributed by atoms with E-state index in [1.54, 1.807) is 36.4 Å². The molecule has 0 spiro atoms. The average Bonchev–Trinajstić information content (AvgIpc) is 3.72. The van der Waals surface area contributed by atoms with Gasteiger partial charge >= 0.3 is 12.1 Å². The van der Waals surface area contributed by atoms with Crippen LogP contribution in [0.4, 0.5) is 24.8 Å². The van der Waals surface area contributed by atoms with Crippen molar-refractivity contribution < 1.29 is 27.9 Å². The van der Waals surface area contributed by atoms with Gasteiger partial charge in [0.25, 0.3) is 5.91 Å². The van der Waals surface area contributed by atoms with Crippen molar-refractivity contribution in [3.05, 3.63) is 58.6 Å². The monoisotopic (exact) mass is 546 g/mol. The Bertz CT molecular complexity index is 1380. The first-order valence-electron chi connectivity index (χ1n) is 11.6. The van der Waals surface area contributed by atoms with Gasteiger partial charge in [0.2, 0.25) is 0 Å². The SMILES string of the molecule is N#Cc1ccc2nc(N3CCN(C(=O)c4ccc(Cl)cc4)CC3)c(NC3CC3)nc2c1.O=C(O)C(F)(F)F. The number of rotatable bonds is 4. The Labute approximate surface area is 220 Å². The van der Waals surface area contributed by atoms with Gasteiger partial charge in [0, 0.05) is 42.8 Å². The molecule has 2 heterocycles. The molecule has 2 aliphatic rings. The minimum absolute atomic E-state index is 0.0151. The third-order valence-corrected chi connectivity index (χ3v) is 6.15. The Balaban J connectivity index is 0.000000426. The highest BCUT2D eigenvalue weighted by Crippen LogP contribution is 2.31. The molecular weight excluding hydrogens is 525 g/mol. The number of aliphatic carboxylic acids is 1. The minimum atomic E-state index is -5.08. The lowest BCUT2D eigenvalue weighted by Gasteiger charge is -2.36. The Kier molecular flexibility index (Phi) is 7.87. The molecule has 2 fully saturated rings. The number of nitriles is 1. The maximum absolute atomic E-state index is 12.8. The fourth-order valence-electron chi connectivity index (χ4n) is 3.75. The van der Waals surface area contributed by atoms with Crippen molar-refractivity contribution in [2.75, 3.05) is 36.4 Å². The summed E-state index contributed by atoms with van der Waals surface area (Å²) in [7, 11) is 0. The van der Waals surface area contributed by atoms with Gasteiger partial charge in [0.1, 0.15) is 0 Å². The summed E-state index contributed by atoms with van der Waals surface area (Å²) in [5.74, 6) is -1.18. The number of carbonyl (C=O) groups is 2. The van der Waals surface area contributed by atoms with Crippen molar-refractivity contribution in [2.24, 2.45) is 0 Å². The van der Waals surface area contributed by atoms with Gasteiger partial charge in [-0.05, 0) is 55.3 Å². The number of benzene rings is 2. The van der Waals surface area contributed by atoms with Crippen LogP contribution in [0.3, 0.4) is 0 Å². The number of halogens is 4. The summed E-state index contributed by atoms with van der Waals surface area (Å²) in [6.45, 7) is 2.57. The molecule has 9 nitrogen and oxygen atoms in total. The van der Waals surface area contributed by atoms with E-state index < -0.39 is 12.1 Å². The first-order chi connectivity index (χ1) is 18.0. The number of piperazine rings is 1. The number of carbonyl (C=O) groups excluding carboxylic acids is 1. The molecule has 2 aromatic carbocycles. The second kappa shape index (κ2) is 11.1. The number of carboxylic acid groups (broad SMARTS) is 1. The zero-order valence-electron chi connectivity index (χ0n) is 19.9. The molecule has 1 aliphatic carbocycles. The number of nitrogens with one attached hydrogen (secondary N) is 1. The zero-order valence-corrected chi connectivity index (χ0v) is 20.6. The molecule has 198 valence electrons. The van der Waals surface area contributed by atoms with Crippen molar-refractivity contribution in [3.8, 4) is 6.07 Å². The van der Waals surface area contributed by atoms with E-state index >= 15 is 0 Å². The topological polar surface area (TPSA) is 122 Å². The number of fused-ring (bicyclic) bond motifs is 1. The molecule has 1 aromatic heterocycles. The standard InChI is InChI=1S/C23H21ClN6O.C2HF3O2/c24-17-4-2-16(3-5-17)23(31)30-11-9-29(10-12-30)22-21(26-18-6-7-18)27-20-13-15(14-25)1-8-19(20)28-22;3-2(4,5)1(6)7/h1-5,8,13,18H,6-7,9-12H2,(H,26,27);(H,6,7). The maximum atomic E-state index is 12.8. The number of carboxylic acids is 1. The van der Waals surface area contributed by atoms with Crippen LogP contribution in [0.25, 0.3) is 11.0 Å². The average molecular weight is 547 g/mol. The van der Waals surface area contributed by atoms with Crippen LogP contribution in [0, 0.1) is 11.3 Å². The molecule has 1 aliphatic heterocycles. The number of hydrogen-bond donors (Lipinski definition) is 2. The number of hydrogen-bond acceptors (Lipinski definition) is 7. The zero-order chi connectivity index (χ0) is 27.4. The van der Waals surface area contributed by atoms with Gasteiger partial charge in [-0.3, -0.25) is 4.79 Å². The molecule has 13 heteroatoms. The summed E-state index contributed by atoms with van der Waals surface area (Å²) >= 11 is 5.94. The van der Waals surface area contributed by atoms with E-state index in [0.717, 1.165) is 30.0 Å². The molecule has 1 saturated carbocycles. The largest absolute Gasteiger partial charge is 0.490 e. The van der Waals surface area contributed by atoms with Crippen LogP contribution in [-0.2, 0) is 4.79 Å². The summed E-state index contributed by atoms with van der Waals surface area (Å²) in [6, 6.07) is 15.0. The van der Waals surface area contributed by atoms with Crippen LogP contribution in [0.5, 0.6) is 0 Å². The van der Waals surface area contributed by atoms with Crippen LogP contribution in [0.1, 0.15) is 28.8 Å². The lowest BCUT2D eigenvalue weighted by molar-refractivity contribution is -0.192. The van der Waals surface area contributed by atoms with Crippen LogP contribution in [0.15, 0.2) is 42.5 Å². The van der Waals surface area contributed by atoms with Crippen molar-refractivity contribution in [3.63, 3.8) is 0 Å². The molecule has 0 bridgehead atoms. The van der Waals surface area contributed by atoms with Gasteiger partial charge in [-0.1, -0.05) is 11.6 Å². The van der Waals surface area contributed by atoms with E-state index in [-0.39, 0.29) is 5.91 Å². The summed E-state index contributed by atoms with van der Waals surface area (Å²) < 4.78 is 31.7. The smallest absolute Gasteiger partial charge is 0.475 e. The highest BCUT2D eigenvalue weighted by molar-refractivity contribution is 6.30. The number of amides is 1. The third-order valence-electron chi connectivity index (χ3n) is 5.89. The van der Waals surface area contributed by atoms with Crippen LogP contribution >= 0.6 is 11.6 Å². The van der Waals surface area contributed by atoms with Gasteiger partial charge in [-0.25, -0.2) is 14.8 Å². The summed E-state index contributed by atoms with van der Waals surface area (Å²) in [5, 5.41) is 20.4. The lowest BCUT2D eigenvalue weighted by Crippen LogP contribution is -2.49. The quantitative estimate of drug-likeness (QED) is 0.496. The Morgan fingerprint density at radius 3 is 2.21 bits per heavy atom. The molecule has 0 unspecified atom stereocenters. The summed E-state index contributed by atoms with van der Waals surface area (Å²) in [6.07, 6.45) is -2.83. The van der Waals surface area contributed by atoms with E-state index in [4.69, 9.17) is 31.5 Å². The molecule has 38 heavy (non-hydrogen) atoms. The molecule has 3 aromatic rings. The predicted octanol–water partition coefficient (Wildman–Crippen LogP) is 4.32. The molecule has 0 atom stereocenters. The van der Waals surface area contributed by atoms with Crippen molar-refractivity contribution in [1.29, 1.82) is 5.26 Å². The number of aromatic nitrogens is 2. The Morgan fingerprint density at radius 1 is 1.03 bits per heavy atom. The highest BCUT2D eigenvalue weighted by Gasteiger charge is 2.38. The normalized spacial score (nSPS) is 15.3. The second-order valence-corrected chi connectivity index (χ2v) is 9.16. The Hall–Kier alpha value is -4.11. The molecular formula is C25H22ClF3N6O3. The van der Waals surface area contributed by atoms with E-state index in [1.807, 2.05) is 11.0 Å². The molecule has 0 radical (unpaired) electrons. The number of nitrogens with zero attached hydrogens (tertiary/aromatic N) is 5. The lowest BCUT2D eigenvalue weighted by atomic mass is 10.2. The van der Waals surface area contributed by atoms with E-state index in [2.05, 4.69) is 16.3 Å². The van der Waals surface area contributed by atoms with E-state index in [1.165, 1.54) is 0 Å². The van der Waals surface area contributed by atoms with E-state index in [9.17, 15) is 23.2 Å². The highest BCUT2D eigenvalue weighted by atomic mass is 35.5. The Morgan fingerprint density at radius 2 is 1.66 bits per heavy atom. The summed E-state index contributed by atoms with van der Waals surface area (Å²) in [4.78, 5) is 35.4. The van der Waals surface area contributed by atoms with Gasteiger partial charge in [0.05, 0.1) is 22.7 Å². The first kappa shape index (κ1) is 26.9. The van der Waals surface area contributed by atoms with Crippen LogP contribution in [0.2, 0.25) is 5.02 Å². The summed E-state index contributed by atoms with van der Waals surface area (Å²) in [5.41, 5.74) is 2.69. The van der Waals surface area contributed by atoms with Gasteiger partial charge < -0.3 is 20.2 Å². The van der Waals surface area contributed by atoms with Gasteiger partial charge in [-0.2, -0.15) is 18.4 Å². The maximum Gasteiger partial charge on any atom is 0.490 e. The predicted molar refractivity (Wildman–Crippen MR) is 134 cm³/mol. The van der Waals surface area contributed by atoms with Crippen molar-refractivity contribution >= 4 is 46.1 Å². The van der Waals surface area contributed by atoms with Crippen LogP contribution in [-0.4, -0.2) is 70.2 Å². The first-order valence-corrected chi connectivity index (χ1v) is 12.0. The van der Waals surface area contributed by atoms with Gasteiger partial charge in [0.15, 0.2) is 11.6 Å².